The summed E-state index contributed by atoms with van der Waals surface area (Å²) in [5.74, 6) is 0.147. The average molecular weight is 187 g/mol. The molecule has 2 heteroatoms. The van der Waals surface area contributed by atoms with E-state index in [-0.39, 0.29) is 12.5 Å². The molecule has 0 saturated heterocycles. The Morgan fingerprint density at radius 3 is 2.86 bits per heavy atom. The maximum absolute atomic E-state index is 9.12. The smallest absolute Gasteiger partial charge is 0.0737 e. The summed E-state index contributed by atoms with van der Waals surface area (Å²) in [4.78, 5) is 4.34. The largest absolute Gasteiger partial charge is 0.396 e. The number of pyridine rings is 1. The first-order chi connectivity index (χ1) is 6.83. The number of aliphatic hydroxyl groups excluding tert-OH is 1. The Morgan fingerprint density at radius 1 is 1.29 bits per heavy atom. The molecule has 1 aromatic carbocycles. The SMILES string of the molecule is CC(CO)c1cccc2cccnc12. The summed E-state index contributed by atoms with van der Waals surface area (Å²) in [6.07, 6.45) is 1.79. The van der Waals surface area contributed by atoms with E-state index in [4.69, 9.17) is 5.11 Å². The van der Waals surface area contributed by atoms with Gasteiger partial charge < -0.3 is 5.11 Å². The lowest BCUT2D eigenvalue weighted by Gasteiger charge is -2.10. The Labute approximate surface area is 83.2 Å². The Kier molecular flexibility index (Phi) is 2.46. The summed E-state index contributed by atoms with van der Waals surface area (Å²) in [5.41, 5.74) is 2.11. The first-order valence-electron chi connectivity index (χ1n) is 4.77. The van der Waals surface area contributed by atoms with Crippen LogP contribution in [-0.2, 0) is 0 Å². The lowest BCUT2D eigenvalue weighted by atomic mass is 9.99. The zero-order valence-corrected chi connectivity index (χ0v) is 8.14. The fourth-order valence-electron chi connectivity index (χ4n) is 1.62. The van der Waals surface area contributed by atoms with Gasteiger partial charge in [0.1, 0.15) is 0 Å². The van der Waals surface area contributed by atoms with Gasteiger partial charge >= 0.3 is 0 Å². The van der Waals surface area contributed by atoms with Gasteiger partial charge in [-0.3, -0.25) is 4.98 Å². The fraction of sp³-hybridized carbons (Fsp3) is 0.250. The van der Waals surface area contributed by atoms with Crippen molar-refractivity contribution in [3.63, 3.8) is 0 Å². The van der Waals surface area contributed by atoms with Crippen molar-refractivity contribution in [2.24, 2.45) is 0 Å². The Hall–Kier alpha value is -1.41. The molecule has 0 aliphatic carbocycles. The molecule has 0 spiro atoms. The van der Waals surface area contributed by atoms with Gasteiger partial charge in [0, 0.05) is 24.1 Å². The number of fused-ring (bicyclic) bond motifs is 1. The zero-order valence-electron chi connectivity index (χ0n) is 8.14. The number of para-hydroxylation sites is 1. The molecule has 0 aliphatic rings. The van der Waals surface area contributed by atoms with Crippen LogP contribution in [0, 0.1) is 0 Å². The fourth-order valence-corrected chi connectivity index (χ4v) is 1.62. The molecule has 72 valence electrons. The molecule has 1 aromatic heterocycles. The van der Waals surface area contributed by atoms with Gasteiger partial charge in [0.2, 0.25) is 0 Å². The Balaban J connectivity index is 2.65. The first-order valence-corrected chi connectivity index (χ1v) is 4.77. The topological polar surface area (TPSA) is 33.1 Å². The molecule has 0 radical (unpaired) electrons. The lowest BCUT2D eigenvalue weighted by molar-refractivity contribution is 0.273. The predicted molar refractivity (Wildman–Crippen MR) is 57.2 cm³/mol. The molecule has 0 aliphatic heterocycles. The highest BCUT2D eigenvalue weighted by Gasteiger charge is 2.08. The van der Waals surface area contributed by atoms with Crippen LogP contribution in [0.15, 0.2) is 36.5 Å². The number of nitrogens with zero attached hydrogens (tertiary/aromatic N) is 1. The highest BCUT2D eigenvalue weighted by molar-refractivity contribution is 5.81. The highest BCUT2D eigenvalue weighted by atomic mass is 16.3. The van der Waals surface area contributed by atoms with Gasteiger partial charge in [-0.15, -0.1) is 0 Å². The molecular formula is C12H13NO. The molecule has 2 nitrogen and oxygen atoms in total. The molecule has 0 amide bonds. The van der Waals surface area contributed by atoms with Crippen LogP contribution in [0.5, 0.6) is 0 Å². The van der Waals surface area contributed by atoms with E-state index in [1.54, 1.807) is 6.20 Å². The zero-order chi connectivity index (χ0) is 9.97. The molecule has 1 N–H and O–H groups in total. The summed E-state index contributed by atoms with van der Waals surface area (Å²) in [6, 6.07) is 10.0. The third-order valence-corrected chi connectivity index (χ3v) is 2.47. The average Bonchev–Trinajstić information content (AvgIpc) is 2.27. The summed E-state index contributed by atoms with van der Waals surface area (Å²) in [5, 5.41) is 10.2. The molecule has 1 atom stereocenters. The number of hydrogen-bond acceptors (Lipinski definition) is 2. The quantitative estimate of drug-likeness (QED) is 0.782. The highest BCUT2D eigenvalue weighted by Crippen LogP contribution is 2.22. The number of aliphatic hydroxyl groups is 1. The monoisotopic (exact) mass is 187 g/mol. The third kappa shape index (κ3) is 1.49. The van der Waals surface area contributed by atoms with Gasteiger partial charge in [-0.2, -0.15) is 0 Å². The van der Waals surface area contributed by atoms with E-state index < -0.39 is 0 Å². The number of rotatable bonds is 2. The van der Waals surface area contributed by atoms with Gasteiger partial charge in [0.15, 0.2) is 0 Å². The van der Waals surface area contributed by atoms with E-state index in [1.807, 2.05) is 37.3 Å². The summed E-state index contributed by atoms with van der Waals surface area (Å²) < 4.78 is 0. The molecule has 2 aromatic rings. The predicted octanol–water partition coefficient (Wildman–Crippen LogP) is 2.33. The first kappa shape index (κ1) is 9.16. The van der Waals surface area contributed by atoms with Crippen molar-refractivity contribution in [2.45, 2.75) is 12.8 Å². The van der Waals surface area contributed by atoms with Crippen molar-refractivity contribution >= 4 is 10.9 Å². The van der Waals surface area contributed by atoms with Crippen molar-refractivity contribution in [2.75, 3.05) is 6.61 Å². The van der Waals surface area contributed by atoms with Gasteiger partial charge in [0.25, 0.3) is 0 Å². The van der Waals surface area contributed by atoms with Crippen molar-refractivity contribution < 1.29 is 5.11 Å². The minimum absolute atomic E-state index is 0.147. The maximum atomic E-state index is 9.12. The van der Waals surface area contributed by atoms with E-state index in [0.717, 1.165) is 16.5 Å². The molecule has 14 heavy (non-hydrogen) atoms. The van der Waals surface area contributed by atoms with Crippen LogP contribution in [0.3, 0.4) is 0 Å². The second kappa shape index (κ2) is 3.76. The number of benzene rings is 1. The van der Waals surface area contributed by atoms with Crippen LogP contribution in [0.1, 0.15) is 18.4 Å². The van der Waals surface area contributed by atoms with Gasteiger partial charge in [-0.1, -0.05) is 31.2 Å². The molecule has 0 bridgehead atoms. The van der Waals surface area contributed by atoms with Crippen molar-refractivity contribution in [3.8, 4) is 0 Å². The number of hydrogen-bond donors (Lipinski definition) is 1. The van der Waals surface area contributed by atoms with Crippen molar-refractivity contribution in [1.82, 2.24) is 4.98 Å². The second-order valence-electron chi connectivity index (χ2n) is 3.51. The van der Waals surface area contributed by atoms with E-state index in [0.29, 0.717) is 0 Å². The summed E-state index contributed by atoms with van der Waals surface area (Å²) in [6.45, 7) is 2.17. The molecule has 2 rings (SSSR count). The van der Waals surface area contributed by atoms with Gasteiger partial charge in [-0.05, 0) is 11.6 Å². The van der Waals surface area contributed by atoms with Crippen LogP contribution in [0.25, 0.3) is 10.9 Å². The molecule has 0 fully saturated rings. The van der Waals surface area contributed by atoms with Crippen LogP contribution in [0.4, 0.5) is 0 Å². The van der Waals surface area contributed by atoms with E-state index in [2.05, 4.69) is 4.98 Å². The number of aromatic nitrogens is 1. The van der Waals surface area contributed by atoms with E-state index in [9.17, 15) is 0 Å². The molecular weight excluding hydrogens is 174 g/mol. The van der Waals surface area contributed by atoms with Gasteiger partial charge in [-0.25, -0.2) is 0 Å². The maximum Gasteiger partial charge on any atom is 0.0737 e. The molecule has 1 unspecified atom stereocenters. The van der Waals surface area contributed by atoms with Crippen LogP contribution in [-0.4, -0.2) is 16.7 Å². The third-order valence-electron chi connectivity index (χ3n) is 2.47. The van der Waals surface area contributed by atoms with Crippen molar-refractivity contribution in [3.05, 3.63) is 42.1 Å². The van der Waals surface area contributed by atoms with E-state index in [1.165, 1.54) is 0 Å². The van der Waals surface area contributed by atoms with Crippen LogP contribution < -0.4 is 0 Å². The normalized spacial score (nSPS) is 13.0. The van der Waals surface area contributed by atoms with Crippen LogP contribution in [0.2, 0.25) is 0 Å². The Morgan fingerprint density at radius 2 is 2.07 bits per heavy atom. The standard InChI is InChI=1S/C12H13NO/c1-9(8-14)11-6-2-4-10-5-3-7-13-12(10)11/h2-7,9,14H,8H2,1H3. The second-order valence-corrected chi connectivity index (χ2v) is 3.51. The van der Waals surface area contributed by atoms with Gasteiger partial charge in [0.05, 0.1) is 5.52 Å². The molecule has 1 heterocycles. The summed E-state index contributed by atoms with van der Waals surface area (Å²) >= 11 is 0. The Bertz CT molecular complexity index is 434. The minimum Gasteiger partial charge on any atom is -0.396 e. The van der Waals surface area contributed by atoms with E-state index >= 15 is 0 Å². The summed E-state index contributed by atoms with van der Waals surface area (Å²) in [7, 11) is 0. The van der Waals surface area contributed by atoms with Crippen LogP contribution >= 0.6 is 0 Å². The lowest BCUT2D eigenvalue weighted by Crippen LogP contribution is -2.00. The minimum atomic E-state index is 0.147. The van der Waals surface area contributed by atoms with Crippen molar-refractivity contribution in [1.29, 1.82) is 0 Å². The molecule has 0 saturated carbocycles.